The first-order chi connectivity index (χ1) is 4.75. The zero-order chi connectivity index (χ0) is 7.56. The lowest BCUT2D eigenvalue weighted by Gasteiger charge is -2.03. The second kappa shape index (κ2) is 3.70. The monoisotopic (exact) mass is 360 g/mol. The van der Waals surface area contributed by atoms with Gasteiger partial charge < -0.3 is 5.32 Å². The van der Waals surface area contributed by atoms with Gasteiger partial charge in [0.05, 0.1) is 5.69 Å². The number of hydrogen-bond donors (Lipinski definition) is 1. The van der Waals surface area contributed by atoms with E-state index in [0.29, 0.717) is 0 Å². The summed E-state index contributed by atoms with van der Waals surface area (Å²) < 4.78 is 2.23. The predicted molar refractivity (Wildman–Crippen MR) is 59.2 cm³/mol. The van der Waals surface area contributed by atoms with Gasteiger partial charge in [-0.1, -0.05) is 0 Å². The smallest absolute Gasteiger partial charge is 0.125 e. The summed E-state index contributed by atoms with van der Waals surface area (Å²) in [5, 5.41) is 3.09. The molecule has 0 atom stereocenters. The Hall–Kier alpha value is 0.410. The molecule has 1 heterocycles. The molecule has 2 nitrogen and oxygen atoms in total. The van der Waals surface area contributed by atoms with Gasteiger partial charge >= 0.3 is 0 Å². The highest BCUT2D eigenvalue weighted by Crippen LogP contribution is 2.21. The van der Waals surface area contributed by atoms with E-state index in [4.69, 9.17) is 0 Å². The molecule has 0 saturated heterocycles. The summed E-state index contributed by atoms with van der Waals surface area (Å²) in [4.78, 5) is 4.13. The van der Waals surface area contributed by atoms with Crippen molar-refractivity contribution in [3.8, 4) is 0 Å². The molecule has 4 heteroatoms. The third-order valence-corrected chi connectivity index (χ3v) is 2.82. The fourth-order valence-electron chi connectivity index (χ4n) is 0.637. The van der Waals surface area contributed by atoms with Gasteiger partial charge in [-0.2, -0.15) is 0 Å². The third kappa shape index (κ3) is 1.71. The molecule has 1 rings (SSSR count). The molecule has 10 heavy (non-hydrogen) atoms. The molecule has 54 valence electrons. The molecule has 0 saturated carbocycles. The van der Waals surface area contributed by atoms with E-state index in [0.717, 1.165) is 9.39 Å². The van der Waals surface area contributed by atoms with Crippen LogP contribution < -0.4 is 5.32 Å². The quantitative estimate of drug-likeness (QED) is 0.615. The Kier molecular flexibility index (Phi) is 3.15. The van der Waals surface area contributed by atoms with E-state index in [9.17, 15) is 0 Å². The zero-order valence-corrected chi connectivity index (χ0v) is 9.67. The van der Waals surface area contributed by atoms with Crippen molar-refractivity contribution in [2.75, 3.05) is 12.4 Å². The summed E-state index contributed by atoms with van der Waals surface area (Å²) in [6.45, 7) is 0. The van der Waals surface area contributed by atoms with Crippen LogP contribution in [0.15, 0.2) is 12.3 Å². The lowest BCUT2D eigenvalue weighted by molar-refractivity contribution is 1.24. The van der Waals surface area contributed by atoms with Crippen molar-refractivity contribution in [3.63, 3.8) is 0 Å². The number of hydrogen-bond acceptors (Lipinski definition) is 2. The molecule has 0 fully saturated rings. The van der Waals surface area contributed by atoms with Crippen molar-refractivity contribution in [2.45, 2.75) is 0 Å². The van der Waals surface area contributed by atoms with Crippen molar-refractivity contribution < 1.29 is 0 Å². The second-order valence-corrected chi connectivity index (χ2v) is 3.89. The fraction of sp³-hybridized carbons (Fsp3) is 0.167. The lowest BCUT2D eigenvalue weighted by atomic mass is 10.4. The van der Waals surface area contributed by atoms with Crippen LogP contribution in [-0.2, 0) is 0 Å². The molecule has 0 spiro atoms. The van der Waals surface area contributed by atoms with Crippen molar-refractivity contribution in [1.82, 2.24) is 4.98 Å². The Bertz CT molecular complexity index is 217. The molecule has 0 bridgehead atoms. The molecule has 0 radical (unpaired) electrons. The van der Waals surface area contributed by atoms with Gasteiger partial charge in [0.25, 0.3) is 0 Å². The number of rotatable bonds is 1. The molecule has 0 aromatic carbocycles. The first-order valence-corrected chi connectivity index (χ1v) is 4.89. The average Bonchev–Trinajstić information content (AvgIpc) is 1.88. The van der Waals surface area contributed by atoms with E-state index >= 15 is 0 Å². The maximum absolute atomic E-state index is 4.13. The van der Waals surface area contributed by atoms with Gasteiger partial charge in [0.15, 0.2) is 0 Å². The Balaban J connectivity index is 3.17. The predicted octanol–water partition coefficient (Wildman–Crippen LogP) is 2.33. The molecule has 0 amide bonds. The van der Waals surface area contributed by atoms with Crippen LogP contribution in [0, 0.1) is 7.27 Å². The fourth-order valence-corrected chi connectivity index (χ4v) is 2.56. The summed E-state index contributed by atoms with van der Waals surface area (Å²) in [7, 11) is 1.90. The largest absolute Gasteiger partial charge is 0.385 e. The first-order valence-electron chi connectivity index (χ1n) is 2.73. The number of aromatic nitrogens is 1. The lowest BCUT2D eigenvalue weighted by Crippen LogP contribution is -1.96. The second-order valence-electron chi connectivity index (χ2n) is 1.71. The zero-order valence-electron chi connectivity index (χ0n) is 5.36. The number of nitrogens with zero attached hydrogens (tertiary/aromatic N) is 1. The van der Waals surface area contributed by atoms with E-state index < -0.39 is 0 Å². The highest BCUT2D eigenvalue weighted by atomic mass is 127. The molecule has 0 aliphatic carbocycles. The number of pyridine rings is 1. The van der Waals surface area contributed by atoms with Crippen LogP contribution in [-0.4, -0.2) is 12.0 Å². The van der Waals surface area contributed by atoms with Gasteiger partial charge in [0.1, 0.15) is 3.70 Å². The molecule has 0 unspecified atom stereocenters. The molecule has 1 aromatic rings. The summed E-state index contributed by atoms with van der Waals surface area (Å²) in [6, 6.07) is 1.98. The van der Waals surface area contributed by atoms with Crippen LogP contribution in [0.5, 0.6) is 0 Å². The number of nitrogens with one attached hydrogen (secondary N) is 1. The minimum Gasteiger partial charge on any atom is -0.385 e. The SMILES string of the molecule is CNc1c(I)ccnc1I. The van der Waals surface area contributed by atoms with E-state index in [2.05, 4.69) is 55.5 Å². The van der Waals surface area contributed by atoms with Gasteiger partial charge in [0, 0.05) is 16.8 Å². The Morgan fingerprint density at radius 1 is 1.50 bits per heavy atom. The standard InChI is InChI=1S/C6H6I2N2/c1-9-5-4(7)2-3-10-6(5)8/h2-3,9H,1H3. The van der Waals surface area contributed by atoms with Gasteiger partial charge in [-0.15, -0.1) is 0 Å². The average molecular weight is 360 g/mol. The van der Waals surface area contributed by atoms with Crippen molar-refractivity contribution in [3.05, 3.63) is 19.5 Å². The summed E-state index contributed by atoms with van der Waals surface area (Å²) in [5.74, 6) is 0. The highest BCUT2D eigenvalue weighted by molar-refractivity contribution is 14.1. The Labute approximate surface area is 87.1 Å². The summed E-state index contributed by atoms with van der Waals surface area (Å²) >= 11 is 4.49. The van der Waals surface area contributed by atoms with Gasteiger partial charge in [-0.05, 0) is 51.2 Å². The Morgan fingerprint density at radius 2 is 2.20 bits per heavy atom. The summed E-state index contributed by atoms with van der Waals surface area (Å²) in [6.07, 6.45) is 1.81. The van der Waals surface area contributed by atoms with E-state index in [1.165, 1.54) is 3.57 Å². The van der Waals surface area contributed by atoms with Gasteiger partial charge in [-0.3, -0.25) is 0 Å². The molecule has 1 aromatic heterocycles. The van der Waals surface area contributed by atoms with Gasteiger partial charge in [-0.25, -0.2) is 4.98 Å². The van der Waals surface area contributed by atoms with Crippen molar-refractivity contribution in [1.29, 1.82) is 0 Å². The van der Waals surface area contributed by atoms with Gasteiger partial charge in [0.2, 0.25) is 0 Å². The van der Waals surface area contributed by atoms with Crippen molar-refractivity contribution in [2.24, 2.45) is 0 Å². The van der Waals surface area contributed by atoms with Crippen LogP contribution >= 0.6 is 45.2 Å². The van der Waals surface area contributed by atoms with Crippen LogP contribution in [0.3, 0.4) is 0 Å². The highest BCUT2D eigenvalue weighted by Gasteiger charge is 2.00. The van der Waals surface area contributed by atoms with Crippen molar-refractivity contribution >= 4 is 50.9 Å². The first kappa shape index (κ1) is 8.51. The van der Waals surface area contributed by atoms with E-state index in [1.54, 1.807) is 0 Å². The normalized spacial score (nSPS) is 9.50. The number of halogens is 2. The minimum absolute atomic E-state index is 1.02. The molecule has 1 N–H and O–H groups in total. The maximum atomic E-state index is 4.13. The minimum atomic E-state index is 1.02. The summed E-state index contributed by atoms with van der Waals surface area (Å²) in [5.41, 5.74) is 1.11. The number of anilines is 1. The third-order valence-electron chi connectivity index (χ3n) is 1.10. The maximum Gasteiger partial charge on any atom is 0.125 e. The molecular formula is C6H6I2N2. The van der Waals surface area contributed by atoms with Crippen LogP contribution in [0.4, 0.5) is 5.69 Å². The van der Waals surface area contributed by atoms with Crippen LogP contribution in [0.1, 0.15) is 0 Å². The van der Waals surface area contributed by atoms with Crippen LogP contribution in [0.2, 0.25) is 0 Å². The Morgan fingerprint density at radius 3 is 2.60 bits per heavy atom. The molecule has 0 aliphatic heterocycles. The van der Waals surface area contributed by atoms with Crippen LogP contribution in [0.25, 0.3) is 0 Å². The van der Waals surface area contributed by atoms with E-state index in [1.807, 2.05) is 19.3 Å². The molecule has 0 aliphatic rings. The molecular weight excluding hydrogens is 354 g/mol. The van der Waals surface area contributed by atoms with E-state index in [-0.39, 0.29) is 0 Å². The topological polar surface area (TPSA) is 24.9 Å².